The number of cyclic esters (lactones) is 1. The van der Waals surface area contributed by atoms with Crippen LogP contribution in [-0.4, -0.2) is 16.8 Å². The van der Waals surface area contributed by atoms with Gasteiger partial charge in [-0.25, -0.2) is 14.2 Å². The maximum atomic E-state index is 13.0. The van der Waals surface area contributed by atoms with Crippen molar-refractivity contribution in [2.24, 2.45) is 4.99 Å². The second kappa shape index (κ2) is 8.81. The summed E-state index contributed by atoms with van der Waals surface area (Å²) in [5, 5.41) is 11.2. The molecule has 1 aliphatic rings. The molecular weight excluding hydrogens is 415 g/mol. The number of aliphatic imine (C=N–C) groups is 1. The number of aryl methyl sites for hydroxylation is 1. The van der Waals surface area contributed by atoms with Crippen molar-refractivity contribution in [2.45, 2.75) is 13.5 Å². The second-order valence-electron chi connectivity index (χ2n) is 7.08. The van der Waals surface area contributed by atoms with Gasteiger partial charge in [0.25, 0.3) is 5.69 Å². The van der Waals surface area contributed by atoms with E-state index in [1.54, 1.807) is 61.5 Å². The molecule has 160 valence electrons. The van der Waals surface area contributed by atoms with Crippen molar-refractivity contribution in [1.29, 1.82) is 0 Å². The average molecular weight is 432 g/mol. The number of esters is 1. The maximum absolute atomic E-state index is 13.0. The summed E-state index contributed by atoms with van der Waals surface area (Å²) in [6.45, 7) is 1.89. The first-order valence-corrected chi connectivity index (χ1v) is 9.64. The molecule has 0 spiro atoms. The number of hydrogen-bond acceptors (Lipinski definition) is 6. The fraction of sp³-hybridized carbons (Fsp3) is 0.0833. The van der Waals surface area contributed by atoms with Gasteiger partial charge in [0.2, 0.25) is 5.90 Å². The van der Waals surface area contributed by atoms with Gasteiger partial charge >= 0.3 is 5.97 Å². The van der Waals surface area contributed by atoms with E-state index in [-0.39, 0.29) is 29.7 Å². The molecule has 0 aromatic heterocycles. The van der Waals surface area contributed by atoms with E-state index >= 15 is 0 Å². The second-order valence-corrected chi connectivity index (χ2v) is 7.08. The first-order valence-electron chi connectivity index (χ1n) is 9.64. The lowest BCUT2D eigenvalue weighted by Crippen LogP contribution is -2.06. The predicted octanol–water partition coefficient (Wildman–Crippen LogP) is 4.97. The summed E-state index contributed by atoms with van der Waals surface area (Å²) >= 11 is 0. The van der Waals surface area contributed by atoms with Crippen LogP contribution in [0.5, 0.6) is 5.75 Å². The Balaban J connectivity index is 1.53. The molecule has 32 heavy (non-hydrogen) atoms. The molecular formula is C24H17FN2O5. The number of carbonyl (C=O) groups excluding carboxylic acids is 1. The molecule has 3 aromatic rings. The zero-order valence-corrected chi connectivity index (χ0v) is 16.9. The number of carbonyl (C=O) groups is 1. The molecule has 0 saturated heterocycles. The van der Waals surface area contributed by atoms with E-state index in [0.29, 0.717) is 22.4 Å². The molecule has 0 atom stereocenters. The summed E-state index contributed by atoms with van der Waals surface area (Å²) in [6, 6.07) is 17.6. The summed E-state index contributed by atoms with van der Waals surface area (Å²) < 4.78 is 24.0. The van der Waals surface area contributed by atoms with E-state index in [1.807, 2.05) is 0 Å². The zero-order valence-electron chi connectivity index (χ0n) is 16.9. The van der Waals surface area contributed by atoms with Crippen LogP contribution in [0.15, 0.2) is 77.4 Å². The van der Waals surface area contributed by atoms with Crippen LogP contribution in [0.4, 0.5) is 10.1 Å². The largest absolute Gasteiger partial charge is 0.489 e. The summed E-state index contributed by atoms with van der Waals surface area (Å²) in [6.07, 6.45) is 1.54. The Labute approximate surface area is 182 Å². The van der Waals surface area contributed by atoms with Gasteiger partial charge in [0, 0.05) is 17.2 Å². The molecule has 0 aliphatic carbocycles. The fourth-order valence-electron chi connectivity index (χ4n) is 3.07. The van der Waals surface area contributed by atoms with E-state index in [4.69, 9.17) is 9.47 Å². The zero-order chi connectivity index (χ0) is 22.7. The third-order valence-corrected chi connectivity index (χ3v) is 4.75. The molecule has 1 heterocycles. The van der Waals surface area contributed by atoms with Crippen molar-refractivity contribution in [2.75, 3.05) is 0 Å². The monoisotopic (exact) mass is 432 g/mol. The minimum absolute atomic E-state index is 0.00747. The number of nitro benzene ring substituents is 1. The number of nitro groups is 1. The number of halogens is 1. The Kier molecular flexibility index (Phi) is 5.76. The number of hydrogen-bond donors (Lipinski definition) is 0. The lowest BCUT2D eigenvalue weighted by Gasteiger charge is -2.07. The third-order valence-electron chi connectivity index (χ3n) is 4.75. The minimum Gasteiger partial charge on any atom is -0.489 e. The molecule has 7 nitrogen and oxygen atoms in total. The topological polar surface area (TPSA) is 91.0 Å². The molecule has 4 rings (SSSR count). The van der Waals surface area contributed by atoms with Gasteiger partial charge < -0.3 is 9.47 Å². The standard InChI is InChI=1S/C24H17FN2O5/c1-15-5-8-18(13-22(15)27(29)30)23-26-21(24(28)32-23)12-17-3-2-4-20(11-17)31-14-16-6-9-19(25)10-7-16/h2-13H,14H2,1H3/b21-12-. The predicted molar refractivity (Wildman–Crippen MR) is 116 cm³/mol. The van der Waals surface area contributed by atoms with E-state index in [1.165, 1.54) is 18.2 Å². The van der Waals surface area contributed by atoms with E-state index in [2.05, 4.69) is 4.99 Å². The SMILES string of the molecule is Cc1ccc(C2=N/C(=C\c3cccc(OCc4ccc(F)cc4)c3)C(=O)O2)cc1[N+](=O)[O-]. The average Bonchev–Trinajstić information content (AvgIpc) is 3.14. The van der Waals surface area contributed by atoms with Gasteiger partial charge in [-0.2, -0.15) is 0 Å². The van der Waals surface area contributed by atoms with Crippen molar-refractivity contribution < 1.29 is 23.6 Å². The first-order chi connectivity index (χ1) is 15.4. The van der Waals surface area contributed by atoms with Crippen LogP contribution in [0.25, 0.3) is 6.08 Å². The summed E-state index contributed by atoms with van der Waals surface area (Å²) in [4.78, 5) is 27.1. The fourth-order valence-corrected chi connectivity index (χ4v) is 3.07. The Bertz CT molecular complexity index is 1270. The highest BCUT2D eigenvalue weighted by Gasteiger charge is 2.25. The lowest BCUT2D eigenvalue weighted by molar-refractivity contribution is -0.385. The van der Waals surface area contributed by atoms with Gasteiger partial charge in [0.15, 0.2) is 5.70 Å². The van der Waals surface area contributed by atoms with Crippen LogP contribution in [0.3, 0.4) is 0 Å². The van der Waals surface area contributed by atoms with Crippen LogP contribution in [0.1, 0.15) is 22.3 Å². The van der Waals surface area contributed by atoms with Crippen LogP contribution in [-0.2, 0) is 16.1 Å². The number of ether oxygens (including phenoxy) is 2. The third kappa shape index (κ3) is 4.70. The molecule has 0 radical (unpaired) electrons. The molecule has 8 heteroatoms. The van der Waals surface area contributed by atoms with Crippen LogP contribution in [0, 0.1) is 22.9 Å². The van der Waals surface area contributed by atoms with E-state index in [9.17, 15) is 19.3 Å². The van der Waals surface area contributed by atoms with Crippen molar-refractivity contribution in [3.63, 3.8) is 0 Å². The molecule has 0 N–H and O–H groups in total. The number of benzene rings is 3. The lowest BCUT2D eigenvalue weighted by atomic mass is 10.1. The minimum atomic E-state index is -0.652. The van der Waals surface area contributed by atoms with Crippen molar-refractivity contribution in [3.8, 4) is 5.75 Å². The Morgan fingerprint density at radius 1 is 1.12 bits per heavy atom. The Morgan fingerprint density at radius 3 is 2.66 bits per heavy atom. The Hall–Kier alpha value is -4.33. The van der Waals surface area contributed by atoms with Gasteiger partial charge in [0.1, 0.15) is 18.2 Å². The normalized spacial score (nSPS) is 14.2. The first kappa shape index (κ1) is 20.9. The molecule has 0 bridgehead atoms. The van der Waals surface area contributed by atoms with E-state index in [0.717, 1.165) is 5.56 Å². The molecule has 0 unspecified atom stereocenters. The van der Waals surface area contributed by atoms with Gasteiger partial charge in [-0.05, 0) is 54.5 Å². The number of rotatable bonds is 6. The molecule has 1 aliphatic heterocycles. The Morgan fingerprint density at radius 2 is 1.91 bits per heavy atom. The van der Waals surface area contributed by atoms with E-state index < -0.39 is 10.9 Å². The highest BCUT2D eigenvalue weighted by molar-refractivity contribution is 6.13. The molecule has 0 fully saturated rings. The highest BCUT2D eigenvalue weighted by atomic mass is 19.1. The summed E-state index contributed by atoms with van der Waals surface area (Å²) in [5.74, 6) is -0.395. The summed E-state index contributed by atoms with van der Waals surface area (Å²) in [5.41, 5.74) is 2.31. The molecule has 0 saturated carbocycles. The van der Waals surface area contributed by atoms with Crippen LogP contribution >= 0.6 is 0 Å². The number of nitrogens with zero attached hydrogens (tertiary/aromatic N) is 2. The van der Waals surface area contributed by atoms with Crippen LogP contribution in [0.2, 0.25) is 0 Å². The molecule has 0 amide bonds. The quantitative estimate of drug-likeness (QED) is 0.237. The van der Waals surface area contributed by atoms with Crippen molar-refractivity contribution in [3.05, 3.63) is 111 Å². The maximum Gasteiger partial charge on any atom is 0.363 e. The van der Waals surface area contributed by atoms with Crippen LogP contribution < -0.4 is 4.74 Å². The van der Waals surface area contributed by atoms with Crippen molar-refractivity contribution >= 4 is 23.6 Å². The summed E-state index contributed by atoms with van der Waals surface area (Å²) in [7, 11) is 0. The van der Waals surface area contributed by atoms with Gasteiger partial charge in [-0.1, -0.05) is 30.3 Å². The van der Waals surface area contributed by atoms with Crippen molar-refractivity contribution in [1.82, 2.24) is 0 Å². The van der Waals surface area contributed by atoms with Gasteiger partial charge in [0.05, 0.1) is 4.92 Å². The van der Waals surface area contributed by atoms with Gasteiger partial charge in [-0.3, -0.25) is 10.1 Å². The smallest absolute Gasteiger partial charge is 0.363 e. The van der Waals surface area contributed by atoms with Gasteiger partial charge in [-0.15, -0.1) is 0 Å². The highest BCUT2D eigenvalue weighted by Crippen LogP contribution is 2.25. The molecule has 3 aromatic carbocycles.